The number of rotatable bonds is 17. The van der Waals surface area contributed by atoms with Crippen molar-refractivity contribution in [2.45, 2.75) is 33.6 Å². The SMILES string of the molecule is CCCCOCCOCCOCCN(CC)CCNCC. The summed E-state index contributed by atoms with van der Waals surface area (Å²) in [4.78, 5) is 2.39. The van der Waals surface area contributed by atoms with E-state index < -0.39 is 0 Å². The zero-order valence-corrected chi connectivity index (χ0v) is 14.4. The summed E-state index contributed by atoms with van der Waals surface area (Å²) in [5.74, 6) is 0. The lowest BCUT2D eigenvalue weighted by molar-refractivity contribution is 0.0104. The Bertz CT molecular complexity index is 194. The number of ether oxygens (including phenoxy) is 3. The van der Waals surface area contributed by atoms with Crippen molar-refractivity contribution < 1.29 is 14.2 Å². The second-order valence-electron chi connectivity index (χ2n) is 4.98. The quantitative estimate of drug-likeness (QED) is 0.415. The van der Waals surface area contributed by atoms with Crippen molar-refractivity contribution in [1.29, 1.82) is 0 Å². The van der Waals surface area contributed by atoms with Crippen molar-refractivity contribution >= 4 is 0 Å². The van der Waals surface area contributed by atoms with Crippen LogP contribution in [0.3, 0.4) is 0 Å². The molecule has 0 saturated heterocycles. The molecule has 0 spiro atoms. The summed E-state index contributed by atoms with van der Waals surface area (Å²) in [5, 5.41) is 3.34. The van der Waals surface area contributed by atoms with Crippen LogP contribution in [0.4, 0.5) is 0 Å². The van der Waals surface area contributed by atoms with Crippen LogP contribution in [0.25, 0.3) is 0 Å². The van der Waals surface area contributed by atoms with E-state index in [1.807, 2.05) is 0 Å². The zero-order valence-electron chi connectivity index (χ0n) is 14.4. The molecule has 0 aliphatic rings. The molecule has 5 nitrogen and oxygen atoms in total. The maximum absolute atomic E-state index is 5.59. The molecule has 0 saturated carbocycles. The van der Waals surface area contributed by atoms with E-state index >= 15 is 0 Å². The van der Waals surface area contributed by atoms with Gasteiger partial charge in [-0.05, 0) is 19.5 Å². The fourth-order valence-corrected chi connectivity index (χ4v) is 1.82. The molecule has 5 heteroatoms. The van der Waals surface area contributed by atoms with Gasteiger partial charge in [0.05, 0.1) is 33.0 Å². The Labute approximate surface area is 131 Å². The summed E-state index contributed by atoms with van der Waals surface area (Å²) >= 11 is 0. The monoisotopic (exact) mass is 304 g/mol. The molecule has 1 N–H and O–H groups in total. The first kappa shape index (κ1) is 20.8. The van der Waals surface area contributed by atoms with Crippen molar-refractivity contribution in [3.05, 3.63) is 0 Å². The van der Waals surface area contributed by atoms with Crippen LogP contribution in [0.1, 0.15) is 33.6 Å². The third-order valence-electron chi connectivity index (χ3n) is 3.24. The fourth-order valence-electron chi connectivity index (χ4n) is 1.82. The summed E-state index contributed by atoms with van der Waals surface area (Å²) in [7, 11) is 0. The van der Waals surface area contributed by atoms with Crippen molar-refractivity contribution in [1.82, 2.24) is 10.2 Å². The van der Waals surface area contributed by atoms with E-state index in [1.165, 1.54) is 6.42 Å². The minimum absolute atomic E-state index is 0.653. The summed E-state index contributed by atoms with van der Waals surface area (Å²) in [6.45, 7) is 16.0. The lowest BCUT2D eigenvalue weighted by atomic mass is 10.4. The average molecular weight is 304 g/mol. The maximum atomic E-state index is 5.59. The van der Waals surface area contributed by atoms with Gasteiger partial charge in [0.1, 0.15) is 0 Å². The predicted octanol–water partition coefficient (Wildman–Crippen LogP) is 1.77. The minimum Gasteiger partial charge on any atom is -0.379 e. The zero-order chi connectivity index (χ0) is 15.6. The first-order valence-corrected chi connectivity index (χ1v) is 8.51. The van der Waals surface area contributed by atoms with Crippen LogP contribution in [0, 0.1) is 0 Å². The largest absolute Gasteiger partial charge is 0.379 e. The van der Waals surface area contributed by atoms with Crippen LogP contribution in [0.2, 0.25) is 0 Å². The highest BCUT2D eigenvalue weighted by atomic mass is 16.5. The molecular formula is C16H36N2O3. The van der Waals surface area contributed by atoms with Gasteiger partial charge < -0.3 is 24.4 Å². The molecule has 0 aliphatic heterocycles. The lowest BCUT2D eigenvalue weighted by Gasteiger charge is -2.20. The highest BCUT2D eigenvalue weighted by Crippen LogP contribution is 1.89. The number of hydrogen-bond donors (Lipinski definition) is 1. The van der Waals surface area contributed by atoms with E-state index in [0.29, 0.717) is 26.4 Å². The summed E-state index contributed by atoms with van der Waals surface area (Å²) < 4.78 is 16.5. The molecule has 128 valence electrons. The van der Waals surface area contributed by atoms with Gasteiger partial charge in [-0.1, -0.05) is 27.2 Å². The van der Waals surface area contributed by atoms with Gasteiger partial charge in [-0.15, -0.1) is 0 Å². The van der Waals surface area contributed by atoms with Gasteiger partial charge in [-0.3, -0.25) is 0 Å². The normalized spacial score (nSPS) is 11.4. The second kappa shape index (κ2) is 17.9. The molecule has 0 unspecified atom stereocenters. The molecule has 0 rings (SSSR count). The topological polar surface area (TPSA) is 43.0 Å². The van der Waals surface area contributed by atoms with E-state index in [0.717, 1.165) is 52.4 Å². The minimum atomic E-state index is 0.653. The van der Waals surface area contributed by atoms with E-state index in [1.54, 1.807) is 0 Å². The van der Waals surface area contributed by atoms with Crippen LogP contribution in [-0.4, -0.2) is 77.3 Å². The molecular weight excluding hydrogens is 268 g/mol. The lowest BCUT2D eigenvalue weighted by Crippen LogP contribution is -2.34. The molecule has 0 aromatic heterocycles. The first-order valence-electron chi connectivity index (χ1n) is 8.51. The average Bonchev–Trinajstić information content (AvgIpc) is 2.51. The molecule has 0 aliphatic carbocycles. The highest BCUT2D eigenvalue weighted by molar-refractivity contribution is 4.56. The van der Waals surface area contributed by atoms with E-state index in [4.69, 9.17) is 14.2 Å². The van der Waals surface area contributed by atoms with Gasteiger partial charge >= 0.3 is 0 Å². The highest BCUT2D eigenvalue weighted by Gasteiger charge is 2.01. The number of unbranched alkanes of at least 4 members (excludes halogenated alkanes) is 1. The molecule has 21 heavy (non-hydrogen) atoms. The Hall–Kier alpha value is -0.200. The number of likely N-dealkylation sites (N-methyl/N-ethyl adjacent to an activating group) is 2. The van der Waals surface area contributed by atoms with Crippen molar-refractivity contribution in [3.63, 3.8) is 0 Å². The van der Waals surface area contributed by atoms with Gasteiger partial charge in [0.15, 0.2) is 0 Å². The van der Waals surface area contributed by atoms with Crippen LogP contribution in [0.15, 0.2) is 0 Å². The number of hydrogen-bond acceptors (Lipinski definition) is 5. The standard InChI is InChI=1S/C16H36N2O3/c1-4-7-11-19-13-15-21-16-14-20-12-10-18(6-3)9-8-17-5-2/h17H,4-16H2,1-3H3. The Balaban J connectivity index is 3.19. The maximum Gasteiger partial charge on any atom is 0.0701 e. The molecule has 0 aromatic rings. The number of nitrogens with one attached hydrogen (secondary N) is 1. The van der Waals surface area contributed by atoms with Crippen molar-refractivity contribution in [3.8, 4) is 0 Å². The number of nitrogens with zero attached hydrogens (tertiary/aromatic N) is 1. The molecule has 0 amide bonds. The smallest absolute Gasteiger partial charge is 0.0701 e. The van der Waals surface area contributed by atoms with E-state index in [9.17, 15) is 0 Å². The molecule has 0 fully saturated rings. The summed E-state index contributed by atoms with van der Waals surface area (Å²) in [5.41, 5.74) is 0. The van der Waals surface area contributed by atoms with Gasteiger partial charge in [-0.25, -0.2) is 0 Å². The van der Waals surface area contributed by atoms with Gasteiger partial charge in [0.2, 0.25) is 0 Å². The Morgan fingerprint density at radius 2 is 1.38 bits per heavy atom. The molecule has 0 atom stereocenters. The fraction of sp³-hybridized carbons (Fsp3) is 1.00. The Kier molecular flexibility index (Phi) is 17.7. The molecule has 0 bridgehead atoms. The van der Waals surface area contributed by atoms with Gasteiger partial charge in [0, 0.05) is 26.2 Å². The Morgan fingerprint density at radius 1 is 0.762 bits per heavy atom. The van der Waals surface area contributed by atoms with Crippen molar-refractivity contribution in [2.75, 3.05) is 72.4 Å². The molecule has 0 heterocycles. The first-order chi connectivity index (χ1) is 10.3. The van der Waals surface area contributed by atoms with Crippen LogP contribution in [-0.2, 0) is 14.2 Å². The third kappa shape index (κ3) is 16.0. The molecule has 0 radical (unpaired) electrons. The predicted molar refractivity (Wildman–Crippen MR) is 88.0 cm³/mol. The van der Waals surface area contributed by atoms with Gasteiger partial charge in [-0.2, -0.15) is 0 Å². The molecule has 0 aromatic carbocycles. The van der Waals surface area contributed by atoms with E-state index in [-0.39, 0.29) is 0 Å². The van der Waals surface area contributed by atoms with Crippen molar-refractivity contribution in [2.24, 2.45) is 0 Å². The van der Waals surface area contributed by atoms with Crippen LogP contribution < -0.4 is 5.32 Å². The van der Waals surface area contributed by atoms with Crippen LogP contribution in [0.5, 0.6) is 0 Å². The Morgan fingerprint density at radius 3 is 1.95 bits per heavy atom. The van der Waals surface area contributed by atoms with E-state index in [2.05, 4.69) is 31.0 Å². The third-order valence-corrected chi connectivity index (χ3v) is 3.24. The summed E-state index contributed by atoms with van der Waals surface area (Å²) in [6, 6.07) is 0. The van der Waals surface area contributed by atoms with Crippen LogP contribution >= 0.6 is 0 Å². The van der Waals surface area contributed by atoms with Gasteiger partial charge in [0.25, 0.3) is 0 Å². The second-order valence-corrected chi connectivity index (χ2v) is 4.98. The summed E-state index contributed by atoms with van der Waals surface area (Å²) in [6.07, 6.45) is 2.31.